The number of amides is 1. The van der Waals surface area contributed by atoms with Gasteiger partial charge in [0.2, 0.25) is 0 Å². The Bertz CT molecular complexity index is 1300. The van der Waals surface area contributed by atoms with Gasteiger partial charge in [0.05, 0.1) is 22.5 Å². The van der Waals surface area contributed by atoms with Crippen molar-refractivity contribution in [3.05, 3.63) is 89.2 Å². The molecule has 3 heterocycles. The zero-order valence-corrected chi connectivity index (χ0v) is 19.7. The van der Waals surface area contributed by atoms with Gasteiger partial charge in [-0.2, -0.15) is 0 Å². The number of aromatic carboxylic acids is 1. The Hall–Kier alpha value is -3.97. The topological polar surface area (TPSA) is 85.8 Å². The summed E-state index contributed by atoms with van der Waals surface area (Å²) in [6, 6.07) is 16.7. The second-order valence-electron chi connectivity index (χ2n) is 9.06. The van der Waals surface area contributed by atoms with Crippen LogP contribution in [-0.2, 0) is 11.3 Å². The molecule has 35 heavy (non-hydrogen) atoms. The number of likely N-dealkylation sites (N-methyl/N-ethyl adjacent to an activating group) is 1. The van der Waals surface area contributed by atoms with Gasteiger partial charge in [-0.1, -0.05) is 18.6 Å². The van der Waals surface area contributed by atoms with Crippen LogP contribution in [0.15, 0.2) is 67.0 Å². The van der Waals surface area contributed by atoms with E-state index in [2.05, 4.69) is 27.3 Å². The number of carboxylic acids is 1. The molecular formula is C28H28N4O3. The zero-order valence-electron chi connectivity index (χ0n) is 19.7. The van der Waals surface area contributed by atoms with Gasteiger partial charge in [-0.3, -0.25) is 14.7 Å². The van der Waals surface area contributed by atoms with Gasteiger partial charge in [0.1, 0.15) is 0 Å². The van der Waals surface area contributed by atoms with E-state index in [0.29, 0.717) is 22.5 Å². The summed E-state index contributed by atoms with van der Waals surface area (Å²) in [5.41, 5.74) is 5.26. The average Bonchev–Trinajstić information content (AvgIpc) is 3.13. The monoisotopic (exact) mass is 468 g/mol. The molecule has 5 rings (SSSR count). The standard InChI is InChI=1S/C28H28N4O3/c1-31-24-11-10-20(28(34)35)16-23(24)25(27(31)33)26(21-8-6-12-29-17-21)30-22-9-5-7-19(15-22)18-32-13-3-2-4-14-32/h5-12,15-17,30H,2-4,13-14,18H2,1H3,(H,34,35). The molecule has 2 aromatic carbocycles. The Balaban J connectivity index is 1.58. The molecule has 0 bridgehead atoms. The molecule has 0 atom stereocenters. The summed E-state index contributed by atoms with van der Waals surface area (Å²) >= 11 is 0. The second kappa shape index (κ2) is 9.72. The lowest BCUT2D eigenvalue weighted by Gasteiger charge is -2.26. The molecule has 0 unspecified atom stereocenters. The van der Waals surface area contributed by atoms with Gasteiger partial charge in [-0.25, -0.2) is 4.79 Å². The number of hydrogen-bond donors (Lipinski definition) is 2. The Kier molecular flexibility index (Phi) is 6.33. The number of fused-ring (bicyclic) bond motifs is 1. The molecule has 1 aromatic heterocycles. The average molecular weight is 469 g/mol. The van der Waals surface area contributed by atoms with Gasteiger partial charge in [0, 0.05) is 42.8 Å². The molecule has 178 valence electrons. The molecule has 0 radical (unpaired) electrons. The number of nitrogens with zero attached hydrogens (tertiary/aromatic N) is 3. The van der Waals surface area contributed by atoms with Gasteiger partial charge < -0.3 is 15.3 Å². The highest BCUT2D eigenvalue weighted by Gasteiger charge is 2.34. The number of carbonyl (C=O) groups excluding carboxylic acids is 1. The first-order valence-corrected chi connectivity index (χ1v) is 11.9. The first kappa shape index (κ1) is 22.8. The highest BCUT2D eigenvalue weighted by atomic mass is 16.4. The number of pyridine rings is 1. The Morgan fingerprint density at radius 1 is 1.03 bits per heavy atom. The van der Waals surface area contributed by atoms with Gasteiger partial charge in [0.15, 0.2) is 0 Å². The number of rotatable bonds is 6. The first-order chi connectivity index (χ1) is 17.0. The summed E-state index contributed by atoms with van der Waals surface area (Å²) in [5, 5.41) is 13.0. The van der Waals surface area contributed by atoms with Gasteiger partial charge >= 0.3 is 5.97 Å². The Morgan fingerprint density at radius 2 is 1.86 bits per heavy atom. The van der Waals surface area contributed by atoms with E-state index in [1.165, 1.54) is 30.9 Å². The Labute approximate surface area is 204 Å². The lowest BCUT2D eigenvalue weighted by atomic mass is 9.99. The summed E-state index contributed by atoms with van der Waals surface area (Å²) in [6.45, 7) is 3.12. The van der Waals surface area contributed by atoms with Crippen LogP contribution in [0.4, 0.5) is 11.4 Å². The van der Waals surface area contributed by atoms with Crippen molar-refractivity contribution in [2.45, 2.75) is 25.8 Å². The van der Waals surface area contributed by atoms with Crippen LogP contribution in [0.1, 0.15) is 46.3 Å². The minimum Gasteiger partial charge on any atom is -0.478 e. The Morgan fingerprint density at radius 3 is 2.60 bits per heavy atom. The number of nitrogens with one attached hydrogen (secondary N) is 1. The number of piperidine rings is 1. The van der Waals surface area contributed by atoms with E-state index >= 15 is 0 Å². The summed E-state index contributed by atoms with van der Waals surface area (Å²) < 4.78 is 0. The fourth-order valence-electron chi connectivity index (χ4n) is 4.85. The quantitative estimate of drug-likeness (QED) is 0.509. The van der Waals surface area contributed by atoms with Crippen LogP contribution in [-0.4, -0.2) is 47.0 Å². The van der Waals surface area contributed by atoms with E-state index in [-0.39, 0.29) is 11.5 Å². The predicted molar refractivity (Wildman–Crippen MR) is 137 cm³/mol. The second-order valence-corrected chi connectivity index (χ2v) is 9.06. The van der Waals surface area contributed by atoms with Crippen molar-refractivity contribution in [1.29, 1.82) is 0 Å². The van der Waals surface area contributed by atoms with Crippen LogP contribution in [0.5, 0.6) is 0 Å². The number of carbonyl (C=O) groups is 2. The first-order valence-electron chi connectivity index (χ1n) is 11.9. The van der Waals surface area contributed by atoms with Crippen LogP contribution in [0.3, 0.4) is 0 Å². The number of benzene rings is 2. The maximum Gasteiger partial charge on any atom is 0.335 e. The SMILES string of the molecule is CN1C(=O)C(=C(Nc2cccc(CN3CCCCC3)c2)c2cccnc2)c2cc(C(=O)O)ccc21. The van der Waals surface area contributed by atoms with Crippen molar-refractivity contribution in [1.82, 2.24) is 9.88 Å². The van der Waals surface area contributed by atoms with Gasteiger partial charge in [-0.05, 0) is 74.0 Å². The van der Waals surface area contributed by atoms with E-state index in [1.807, 2.05) is 24.3 Å². The minimum absolute atomic E-state index is 0.137. The summed E-state index contributed by atoms with van der Waals surface area (Å²) in [6.07, 6.45) is 7.17. The van der Waals surface area contributed by atoms with Crippen LogP contribution >= 0.6 is 0 Å². The molecule has 0 saturated carbocycles. The summed E-state index contributed by atoms with van der Waals surface area (Å²) in [4.78, 5) is 33.4. The van der Waals surface area contributed by atoms with Crippen molar-refractivity contribution in [3.8, 4) is 0 Å². The summed E-state index contributed by atoms with van der Waals surface area (Å²) in [5.74, 6) is -1.23. The maximum atomic E-state index is 13.4. The molecule has 0 spiro atoms. The molecule has 1 fully saturated rings. The van der Waals surface area contributed by atoms with Crippen molar-refractivity contribution >= 4 is 34.5 Å². The predicted octanol–water partition coefficient (Wildman–Crippen LogP) is 4.72. The lowest BCUT2D eigenvalue weighted by Crippen LogP contribution is -2.29. The van der Waals surface area contributed by atoms with E-state index in [0.717, 1.165) is 30.9 Å². The molecule has 1 saturated heterocycles. The van der Waals surface area contributed by atoms with E-state index < -0.39 is 5.97 Å². The lowest BCUT2D eigenvalue weighted by molar-refractivity contribution is -0.112. The largest absolute Gasteiger partial charge is 0.478 e. The fraction of sp³-hybridized carbons (Fsp3) is 0.250. The van der Waals surface area contributed by atoms with Gasteiger partial charge in [-0.15, -0.1) is 0 Å². The minimum atomic E-state index is -1.03. The third kappa shape index (κ3) is 4.68. The highest BCUT2D eigenvalue weighted by Crippen LogP contribution is 2.41. The zero-order chi connectivity index (χ0) is 24.4. The molecule has 7 nitrogen and oxygen atoms in total. The number of hydrogen-bond acceptors (Lipinski definition) is 5. The van der Waals surface area contributed by atoms with Crippen molar-refractivity contribution in [2.24, 2.45) is 0 Å². The van der Waals surface area contributed by atoms with Crippen LogP contribution in [0, 0.1) is 0 Å². The molecular weight excluding hydrogens is 440 g/mol. The number of likely N-dealkylation sites (tertiary alicyclic amines) is 1. The highest BCUT2D eigenvalue weighted by molar-refractivity contribution is 6.38. The molecule has 0 aliphatic carbocycles. The maximum absolute atomic E-state index is 13.4. The molecule has 2 aliphatic rings. The van der Waals surface area contributed by atoms with Crippen LogP contribution < -0.4 is 10.2 Å². The van der Waals surface area contributed by atoms with E-state index in [9.17, 15) is 14.7 Å². The molecule has 2 N–H and O–H groups in total. The molecule has 7 heteroatoms. The smallest absolute Gasteiger partial charge is 0.335 e. The molecule has 2 aliphatic heterocycles. The normalized spacial score (nSPS) is 17.3. The summed E-state index contributed by atoms with van der Waals surface area (Å²) in [7, 11) is 1.70. The number of carboxylic acid groups (broad SMARTS) is 1. The van der Waals surface area contributed by atoms with Gasteiger partial charge in [0.25, 0.3) is 5.91 Å². The van der Waals surface area contributed by atoms with Crippen LogP contribution in [0.2, 0.25) is 0 Å². The third-order valence-corrected chi connectivity index (χ3v) is 6.64. The van der Waals surface area contributed by atoms with Crippen molar-refractivity contribution < 1.29 is 14.7 Å². The number of anilines is 2. The molecule has 1 amide bonds. The van der Waals surface area contributed by atoms with E-state index in [4.69, 9.17) is 0 Å². The molecule has 3 aromatic rings. The van der Waals surface area contributed by atoms with Crippen molar-refractivity contribution in [3.63, 3.8) is 0 Å². The fourth-order valence-corrected chi connectivity index (χ4v) is 4.85. The number of aromatic nitrogens is 1. The van der Waals surface area contributed by atoms with Crippen LogP contribution in [0.25, 0.3) is 11.3 Å². The van der Waals surface area contributed by atoms with E-state index in [1.54, 1.807) is 36.5 Å². The third-order valence-electron chi connectivity index (χ3n) is 6.64. The van der Waals surface area contributed by atoms with Crippen molar-refractivity contribution in [2.75, 3.05) is 30.4 Å².